The predicted octanol–water partition coefficient (Wildman–Crippen LogP) is -0.450. The maximum Gasteiger partial charge on any atom is 0.170 e. The first-order chi connectivity index (χ1) is 8.20. The number of aryl methyl sites for hydroxylation is 1. The van der Waals surface area contributed by atoms with Crippen LogP contribution in [0.1, 0.15) is 18.3 Å². The molecule has 0 radical (unpaired) electrons. The zero-order chi connectivity index (χ0) is 11.9. The van der Waals surface area contributed by atoms with Crippen molar-refractivity contribution < 1.29 is 4.74 Å². The topological polar surface area (TPSA) is 55.2 Å². The number of morpholine rings is 1. The van der Waals surface area contributed by atoms with Crippen molar-refractivity contribution >= 4 is 0 Å². The van der Waals surface area contributed by atoms with Gasteiger partial charge in [-0.2, -0.15) is 5.10 Å². The second-order valence-corrected chi connectivity index (χ2v) is 5.06. The number of hydrogen-bond donors (Lipinski definition) is 1. The van der Waals surface area contributed by atoms with Crippen molar-refractivity contribution in [3.05, 3.63) is 12.2 Å². The van der Waals surface area contributed by atoms with Crippen LogP contribution >= 0.6 is 0 Å². The van der Waals surface area contributed by atoms with Gasteiger partial charge in [0, 0.05) is 26.7 Å². The maximum absolute atomic E-state index is 6.08. The average Bonchev–Trinajstić information content (AvgIpc) is 2.88. The summed E-state index contributed by atoms with van der Waals surface area (Å²) in [6.45, 7) is 3.67. The quantitative estimate of drug-likeness (QED) is 0.717. The van der Waals surface area contributed by atoms with Gasteiger partial charge in [0.1, 0.15) is 18.0 Å². The molecule has 2 atom stereocenters. The number of aromatic nitrogens is 3. The molecule has 1 spiro atoms. The van der Waals surface area contributed by atoms with Crippen LogP contribution in [0.2, 0.25) is 0 Å². The Hall–Kier alpha value is -0.980. The van der Waals surface area contributed by atoms with Crippen LogP contribution < -0.4 is 5.32 Å². The molecule has 2 aliphatic rings. The molecule has 0 aliphatic carbocycles. The molecule has 1 aromatic rings. The fourth-order valence-corrected chi connectivity index (χ4v) is 2.89. The van der Waals surface area contributed by atoms with Crippen LogP contribution in [0.3, 0.4) is 0 Å². The first-order valence-electron chi connectivity index (χ1n) is 6.11. The van der Waals surface area contributed by atoms with Gasteiger partial charge in [0.15, 0.2) is 5.82 Å². The molecule has 1 aromatic heterocycles. The van der Waals surface area contributed by atoms with Crippen molar-refractivity contribution in [3.63, 3.8) is 0 Å². The van der Waals surface area contributed by atoms with Gasteiger partial charge in [-0.1, -0.05) is 0 Å². The highest BCUT2D eigenvalue weighted by atomic mass is 16.5. The van der Waals surface area contributed by atoms with E-state index in [0.717, 1.165) is 38.5 Å². The summed E-state index contributed by atoms with van der Waals surface area (Å²) in [4.78, 5) is 6.68. The van der Waals surface area contributed by atoms with Gasteiger partial charge < -0.3 is 15.0 Å². The molecule has 2 fully saturated rings. The third-order valence-corrected chi connectivity index (χ3v) is 3.70. The van der Waals surface area contributed by atoms with Crippen LogP contribution in [-0.2, 0) is 11.8 Å². The molecule has 0 saturated carbocycles. The van der Waals surface area contributed by atoms with Crippen molar-refractivity contribution in [1.29, 1.82) is 0 Å². The molecule has 3 heterocycles. The summed E-state index contributed by atoms with van der Waals surface area (Å²) in [5.74, 6) is 0.850. The van der Waals surface area contributed by atoms with E-state index in [1.165, 1.54) is 0 Å². The van der Waals surface area contributed by atoms with E-state index in [0.29, 0.717) is 0 Å². The maximum atomic E-state index is 6.08. The molecule has 2 saturated heterocycles. The summed E-state index contributed by atoms with van der Waals surface area (Å²) in [7, 11) is 4.03. The average molecular weight is 237 g/mol. The van der Waals surface area contributed by atoms with Gasteiger partial charge in [0.25, 0.3) is 0 Å². The predicted molar refractivity (Wildman–Crippen MR) is 62.5 cm³/mol. The van der Waals surface area contributed by atoms with Gasteiger partial charge in [-0.3, -0.25) is 4.68 Å². The highest BCUT2D eigenvalue weighted by Gasteiger charge is 2.48. The lowest BCUT2D eigenvalue weighted by Gasteiger charge is -2.40. The van der Waals surface area contributed by atoms with Crippen LogP contribution in [0.5, 0.6) is 0 Å². The van der Waals surface area contributed by atoms with Crippen LogP contribution in [-0.4, -0.2) is 58.6 Å². The van der Waals surface area contributed by atoms with E-state index < -0.39 is 0 Å². The molecule has 17 heavy (non-hydrogen) atoms. The van der Waals surface area contributed by atoms with E-state index in [4.69, 9.17) is 4.74 Å². The second kappa shape index (κ2) is 4.04. The molecule has 0 amide bonds. The van der Waals surface area contributed by atoms with E-state index in [9.17, 15) is 0 Å². The minimum Gasteiger partial charge on any atom is -0.370 e. The number of ether oxygens (including phenoxy) is 1. The van der Waals surface area contributed by atoms with E-state index in [1.54, 1.807) is 11.0 Å². The van der Waals surface area contributed by atoms with Crippen molar-refractivity contribution in [3.8, 4) is 0 Å². The molecule has 0 bridgehead atoms. The van der Waals surface area contributed by atoms with Crippen molar-refractivity contribution in [1.82, 2.24) is 25.0 Å². The van der Waals surface area contributed by atoms with Crippen molar-refractivity contribution in [2.75, 3.05) is 33.3 Å². The molecule has 6 heteroatoms. The summed E-state index contributed by atoms with van der Waals surface area (Å²) in [6.07, 6.45) is 2.79. The first kappa shape index (κ1) is 11.1. The summed E-state index contributed by atoms with van der Waals surface area (Å²) < 4.78 is 7.83. The van der Waals surface area contributed by atoms with E-state index in [2.05, 4.69) is 27.3 Å². The molecule has 0 aromatic carbocycles. The third-order valence-electron chi connectivity index (χ3n) is 3.70. The van der Waals surface area contributed by atoms with Gasteiger partial charge in [0.2, 0.25) is 0 Å². The standard InChI is InChI=1S/C11H19N5O/c1-15-5-3-11(7-15)9(12-4-6-17-11)10-13-8-16(2)14-10/h8-9,12H,3-7H2,1-2H3. The third kappa shape index (κ3) is 1.86. The lowest BCUT2D eigenvalue weighted by atomic mass is 9.91. The normalized spacial score (nSPS) is 34.6. The number of nitrogens with zero attached hydrogens (tertiary/aromatic N) is 4. The molecule has 3 rings (SSSR count). The number of likely N-dealkylation sites (tertiary alicyclic amines) is 1. The molecular formula is C11H19N5O. The molecule has 94 valence electrons. The minimum absolute atomic E-state index is 0.113. The van der Waals surface area contributed by atoms with Crippen LogP contribution in [0.4, 0.5) is 0 Å². The Morgan fingerprint density at radius 3 is 3.06 bits per heavy atom. The van der Waals surface area contributed by atoms with Gasteiger partial charge in [-0.05, 0) is 13.5 Å². The summed E-state index contributed by atoms with van der Waals surface area (Å²) >= 11 is 0. The lowest BCUT2D eigenvalue weighted by Crippen LogP contribution is -2.54. The van der Waals surface area contributed by atoms with Gasteiger partial charge in [-0.25, -0.2) is 4.98 Å². The van der Waals surface area contributed by atoms with Gasteiger partial charge >= 0.3 is 0 Å². The number of nitrogens with one attached hydrogen (secondary N) is 1. The highest BCUT2D eigenvalue weighted by Crippen LogP contribution is 2.37. The first-order valence-corrected chi connectivity index (χ1v) is 6.11. The monoisotopic (exact) mass is 237 g/mol. The van der Waals surface area contributed by atoms with E-state index in [-0.39, 0.29) is 11.6 Å². The molecule has 2 aliphatic heterocycles. The number of rotatable bonds is 1. The van der Waals surface area contributed by atoms with Crippen LogP contribution in [0.25, 0.3) is 0 Å². The van der Waals surface area contributed by atoms with Crippen molar-refractivity contribution in [2.24, 2.45) is 7.05 Å². The van der Waals surface area contributed by atoms with Gasteiger partial charge in [0.05, 0.1) is 6.61 Å². The molecule has 6 nitrogen and oxygen atoms in total. The van der Waals surface area contributed by atoms with E-state index >= 15 is 0 Å². The Balaban J connectivity index is 1.90. The fourth-order valence-electron chi connectivity index (χ4n) is 2.89. The summed E-state index contributed by atoms with van der Waals surface area (Å²) in [5, 5.41) is 7.93. The lowest BCUT2D eigenvalue weighted by molar-refractivity contribution is -0.0909. The summed E-state index contributed by atoms with van der Waals surface area (Å²) in [6, 6.07) is 0.113. The fraction of sp³-hybridized carbons (Fsp3) is 0.818. The SMILES string of the molecule is CN1CCC2(C1)OCCNC2c1ncn(C)n1. The highest BCUT2D eigenvalue weighted by molar-refractivity contribution is 5.10. The molecule has 1 N–H and O–H groups in total. The zero-order valence-corrected chi connectivity index (χ0v) is 10.4. The minimum atomic E-state index is -0.144. The van der Waals surface area contributed by atoms with Gasteiger partial charge in [-0.15, -0.1) is 0 Å². The van der Waals surface area contributed by atoms with Crippen molar-refractivity contribution in [2.45, 2.75) is 18.1 Å². The Labute approximate surface area is 101 Å². The smallest absolute Gasteiger partial charge is 0.170 e. The van der Waals surface area contributed by atoms with Crippen LogP contribution in [0.15, 0.2) is 6.33 Å². The van der Waals surface area contributed by atoms with E-state index in [1.807, 2.05) is 7.05 Å². The largest absolute Gasteiger partial charge is 0.370 e. The summed E-state index contributed by atoms with van der Waals surface area (Å²) in [5.41, 5.74) is -0.144. The molecule has 2 unspecified atom stereocenters. The second-order valence-electron chi connectivity index (χ2n) is 5.06. The number of hydrogen-bond acceptors (Lipinski definition) is 5. The number of likely N-dealkylation sites (N-methyl/N-ethyl adjacent to an activating group) is 1. The van der Waals surface area contributed by atoms with Crippen LogP contribution in [0, 0.1) is 0 Å². The Kier molecular flexibility index (Phi) is 2.65. The molecular weight excluding hydrogens is 218 g/mol. The Morgan fingerprint density at radius 1 is 1.53 bits per heavy atom. The Morgan fingerprint density at radius 2 is 2.41 bits per heavy atom. The zero-order valence-electron chi connectivity index (χ0n) is 10.4. The Bertz CT molecular complexity index is 402.